The Morgan fingerprint density at radius 1 is 1.31 bits per heavy atom. The van der Waals surface area contributed by atoms with Crippen molar-refractivity contribution in [3.8, 4) is 11.8 Å². The molecule has 1 N–H and O–H groups in total. The molecule has 3 heterocycles. The number of carboxylic acid groups (broad SMARTS) is 1. The second-order valence-corrected chi connectivity index (χ2v) is 7.73. The number of aromatic carboxylic acids is 1. The highest BCUT2D eigenvalue weighted by Crippen LogP contribution is 2.25. The Morgan fingerprint density at radius 3 is 2.69 bits per heavy atom. The molecule has 0 unspecified atom stereocenters. The van der Waals surface area contributed by atoms with Crippen molar-refractivity contribution in [1.82, 2.24) is 14.5 Å². The van der Waals surface area contributed by atoms with Crippen molar-refractivity contribution in [3.05, 3.63) is 64.1 Å². The second-order valence-electron chi connectivity index (χ2n) is 7.73. The predicted molar refractivity (Wildman–Crippen MR) is 120 cm³/mol. The summed E-state index contributed by atoms with van der Waals surface area (Å²) >= 11 is 0. The van der Waals surface area contributed by atoms with Crippen molar-refractivity contribution in [1.29, 1.82) is 5.26 Å². The molecule has 164 valence electrons. The molecule has 9 nitrogen and oxygen atoms in total. The van der Waals surface area contributed by atoms with Crippen LogP contribution in [0.2, 0.25) is 0 Å². The lowest BCUT2D eigenvalue weighted by Crippen LogP contribution is -2.59. The molecule has 3 aromatic rings. The van der Waals surface area contributed by atoms with E-state index in [1.165, 1.54) is 4.57 Å². The Morgan fingerprint density at radius 2 is 2.06 bits per heavy atom. The molecular formula is C23H23N5O4. The molecule has 0 aliphatic carbocycles. The third kappa shape index (κ3) is 3.70. The minimum absolute atomic E-state index is 0.223. The molecule has 2 aromatic heterocycles. The Kier molecular flexibility index (Phi) is 5.90. The van der Waals surface area contributed by atoms with E-state index in [2.05, 4.69) is 21.8 Å². The van der Waals surface area contributed by atoms with Crippen molar-refractivity contribution in [2.45, 2.75) is 6.04 Å². The van der Waals surface area contributed by atoms with Crippen LogP contribution in [0.1, 0.15) is 16.1 Å². The number of hydrogen-bond donors (Lipinski definition) is 1. The topological polar surface area (TPSA) is 112 Å². The van der Waals surface area contributed by atoms with Crippen molar-refractivity contribution in [3.63, 3.8) is 0 Å². The van der Waals surface area contributed by atoms with Gasteiger partial charge in [0.1, 0.15) is 23.1 Å². The molecule has 1 aromatic carbocycles. The number of fused-ring (bicyclic) bond motifs is 1. The molecule has 1 aliphatic rings. The summed E-state index contributed by atoms with van der Waals surface area (Å²) in [6, 6.07) is 12.6. The van der Waals surface area contributed by atoms with Crippen LogP contribution in [0.5, 0.6) is 0 Å². The van der Waals surface area contributed by atoms with Gasteiger partial charge in [0.05, 0.1) is 24.0 Å². The van der Waals surface area contributed by atoms with Gasteiger partial charge in [0.15, 0.2) is 0 Å². The number of carbonyl (C=O) groups is 1. The number of methoxy groups -OCH3 is 1. The summed E-state index contributed by atoms with van der Waals surface area (Å²) in [6.07, 6.45) is 1.60. The molecular weight excluding hydrogens is 410 g/mol. The molecule has 1 fully saturated rings. The van der Waals surface area contributed by atoms with Gasteiger partial charge in [-0.25, -0.2) is 9.78 Å². The molecule has 9 heteroatoms. The van der Waals surface area contributed by atoms with Crippen LogP contribution in [-0.4, -0.2) is 72.0 Å². The molecule has 0 amide bonds. The zero-order chi connectivity index (χ0) is 22.8. The first-order chi connectivity index (χ1) is 15.5. The summed E-state index contributed by atoms with van der Waals surface area (Å²) < 4.78 is 6.61. The van der Waals surface area contributed by atoms with E-state index in [9.17, 15) is 20.0 Å². The number of aromatic nitrogens is 2. The third-order valence-electron chi connectivity index (χ3n) is 5.85. The molecule has 32 heavy (non-hydrogen) atoms. The quantitative estimate of drug-likeness (QED) is 0.600. The van der Waals surface area contributed by atoms with Crippen molar-refractivity contribution < 1.29 is 14.6 Å². The predicted octanol–water partition coefficient (Wildman–Crippen LogP) is 1.72. The minimum atomic E-state index is -1.43. The number of anilines is 1. The lowest BCUT2D eigenvalue weighted by atomic mass is 10.1. The average Bonchev–Trinajstić information content (AvgIpc) is 2.76. The number of nitriles is 1. The molecule has 4 rings (SSSR count). The maximum atomic E-state index is 12.7. The summed E-state index contributed by atoms with van der Waals surface area (Å²) in [7, 11) is 3.76. The Balaban J connectivity index is 1.68. The minimum Gasteiger partial charge on any atom is -0.477 e. The monoisotopic (exact) mass is 433 g/mol. The van der Waals surface area contributed by atoms with Gasteiger partial charge in [-0.3, -0.25) is 14.3 Å². The average molecular weight is 433 g/mol. The summed E-state index contributed by atoms with van der Waals surface area (Å²) in [6.45, 7) is 3.25. The Hall–Kier alpha value is -3.74. The van der Waals surface area contributed by atoms with Gasteiger partial charge >= 0.3 is 5.97 Å². The van der Waals surface area contributed by atoms with Gasteiger partial charge in [-0.05, 0) is 31.3 Å². The number of ether oxygens (including phenoxy) is 1. The van der Waals surface area contributed by atoms with Crippen molar-refractivity contribution in [2.75, 3.05) is 45.3 Å². The highest BCUT2D eigenvalue weighted by molar-refractivity contribution is 5.96. The maximum absolute atomic E-state index is 12.7. The van der Waals surface area contributed by atoms with E-state index in [0.29, 0.717) is 23.9 Å². The number of para-hydroxylation sites is 1. The first-order valence-corrected chi connectivity index (χ1v) is 10.2. The van der Waals surface area contributed by atoms with E-state index >= 15 is 0 Å². The highest BCUT2D eigenvalue weighted by Gasteiger charge is 2.30. The van der Waals surface area contributed by atoms with Crippen LogP contribution in [0.15, 0.2) is 47.4 Å². The first-order valence-electron chi connectivity index (χ1n) is 10.2. The zero-order valence-corrected chi connectivity index (χ0v) is 17.9. The van der Waals surface area contributed by atoms with Crippen LogP contribution in [0.4, 0.5) is 5.82 Å². The van der Waals surface area contributed by atoms with Gasteiger partial charge in [-0.15, -0.1) is 0 Å². The number of carboxylic acids is 1. The fourth-order valence-electron chi connectivity index (χ4n) is 3.94. The van der Waals surface area contributed by atoms with Gasteiger partial charge < -0.3 is 14.7 Å². The van der Waals surface area contributed by atoms with Crippen LogP contribution in [-0.2, 0) is 4.74 Å². The molecule has 0 spiro atoms. The molecule has 1 aliphatic heterocycles. The maximum Gasteiger partial charge on any atom is 0.342 e. The van der Waals surface area contributed by atoms with Gasteiger partial charge in [-0.1, -0.05) is 12.1 Å². The van der Waals surface area contributed by atoms with Crippen LogP contribution in [0.3, 0.4) is 0 Å². The lowest BCUT2D eigenvalue weighted by Gasteiger charge is -2.44. The third-order valence-corrected chi connectivity index (χ3v) is 5.85. The fraction of sp³-hybridized carbons (Fsp3) is 0.304. The van der Waals surface area contributed by atoms with Crippen LogP contribution in [0, 0.1) is 11.3 Å². The Bertz CT molecular complexity index is 1260. The summed E-state index contributed by atoms with van der Waals surface area (Å²) in [5.74, 6) is -0.632. The molecule has 0 saturated carbocycles. The van der Waals surface area contributed by atoms with Gasteiger partial charge in [0.25, 0.3) is 0 Å². The number of nitrogens with zero attached hydrogens (tertiary/aromatic N) is 5. The lowest BCUT2D eigenvalue weighted by molar-refractivity contribution is 0.0694. The van der Waals surface area contributed by atoms with Gasteiger partial charge in [0.2, 0.25) is 5.43 Å². The fourth-order valence-corrected chi connectivity index (χ4v) is 3.94. The second kappa shape index (κ2) is 8.78. The number of benzene rings is 1. The normalized spacial score (nSPS) is 13.9. The van der Waals surface area contributed by atoms with E-state index in [-0.39, 0.29) is 11.1 Å². The van der Waals surface area contributed by atoms with Gasteiger partial charge in [0, 0.05) is 38.2 Å². The molecule has 0 bridgehead atoms. The summed E-state index contributed by atoms with van der Waals surface area (Å²) in [4.78, 5) is 33.4. The highest BCUT2D eigenvalue weighted by atomic mass is 16.5. The SMILES string of the molecule is COCCN(C)C1CN(c2ccc(-n3c(C#N)c(C(=O)O)c(=O)c4ccccc43)cn2)C1. The number of likely N-dealkylation sites (N-methyl/N-ethyl adjacent to an activating group) is 1. The first kappa shape index (κ1) is 21.5. The zero-order valence-electron chi connectivity index (χ0n) is 17.9. The van der Waals surface area contributed by atoms with Crippen molar-refractivity contribution >= 4 is 22.7 Å². The van der Waals surface area contributed by atoms with E-state index in [1.807, 2.05) is 12.1 Å². The smallest absolute Gasteiger partial charge is 0.342 e. The van der Waals surface area contributed by atoms with E-state index < -0.39 is 17.0 Å². The summed E-state index contributed by atoms with van der Waals surface area (Å²) in [5, 5.41) is 19.5. The van der Waals surface area contributed by atoms with Crippen LogP contribution < -0.4 is 10.3 Å². The molecule has 1 saturated heterocycles. The molecule has 0 radical (unpaired) electrons. The number of hydrogen-bond acceptors (Lipinski definition) is 7. The van der Waals surface area contributed by atoms with E-state index in [4.69, 9.17) is 4.74 Å². The standard InChI is InChI=1S/C23H23N5O4/c1-26(9-10-32-2)16-13-27(14-16)20-8-7-15(12-25-20)28-18-6-4-3-5-17(18)22(29)21(23(30)31)19(28)11-24/h3-8,12,16H,9-10,13-14H2,1-2H3,(H,30,31). The molecule has 0 atom stereocenters. The van der Waals surface area contributed by atoms with Crippen LogP contribution >= 0.6 is 0 Å². The van der Waals surface area contributed by atoms with Gasteiger partial charge in [-0.2, -0.15) is 5.26 Å². The number of pyridine rings is 2. The van der Waals surface area contributed by atoms with Crippen LogP contribution in [0.25, 0.3) is 16.6 Å². The summed E-state index contributed by atoms with van der Waals surface area (Å²) in [5.41, 5.74) is -0.468. The van der Waals surface area contributed by atoms with E-state index in [1.54, 1.807) is 43.6 Å². The van der Waals surface area contributed by atoms with E-state index in [0.717, 1.165) is 25.5 Å². The Labute approximate surface area is 184 Å². The largest absolute Gasteiger partial charge is 0.477 e. The number of rotatable bonds is 7. The van der Waals surface area contributed by atoms with Crippen molar-refractivity contribution in [2.24, 2.45) is 0 Å².